The van der Waals surface area contributed by atoms with Gasteiger partial charge in [-0.1, -0.05) is 49.4 Å². The Morgan fingerprint density at radius 2 is 1.92 bits per heavy atom. The lowest BCUT2D eigenvalue weighted by Crippen LogP contribution is -2.49. The highest BCUT2D eigenvalue weighted by Crippen LogP contribution is 2.22. The van der Waals surface area contributed by atoms with Crippen molar-refractivity contribution in [1.29, 1.82) is 0 Å². The first-order chi connectivity index (χ1) is 11.5. The maximum Gasteiger partial charge on any atom is 0.317 e. The number of fused-ring (bicyclic) bond motifs is 1. The lowest BCUT2D eigenvalue weighted by Gasteiger charge is -2.34. The van der Waals surface area contributed by atoms with Gasteiger partial charge in [-0.25, -0.2) is 4.79 Å². The first-order valence-corrected chi connectivity index (χ1v) is 8.27. The van der Waals surface area contributed by atoms with Crippen molar-refractivity contribution in [2.45, 2.75) is 19.9 Å². The Kier molecular flexibility index (Phi) is 4.69. The fourth-order valence-corrected chi connectivity index (χ4v) is 3.43. The molecular weight excluding hydrogens is 304 g/mol. The van der Waals surface area contributed by atoms with Crippen LogP contribution < -0.4 is 5.32 Å². The second-order valence-corrected chi connectivity index (χ2v) is 6.58. The summed E-state index contributed by atoms with van der Waals surface area (Å²) >= 11 is 0. The second kappa shape index (κ2) is 6.91. The Morgan fingerprint density at radius 3 is 2.71 bits per heavy atom. The molecule has 2 unspecified atom stereocenters. The molecule has 1 aliphatic rings. The molecule has 1 heterocycles. The van der Waals surface area contributed by atoms with Crippen LogP contribution in [0.15, 0.2) is 42.5 Å². The third kappa shape index (κ3) is 3.50. The number of carbonyl (C=O) groups excluding carboxylic acids is 1. The number of hydrogen-bond acceptors (Lipinski definition) is 2. The number of aliphatic carboxylic acids is 1. The van der Waals surface area contributed by atoms with Gasteiger partial charge in [-0.05, 0) is 28.7 Å². The molecule has 2 aromatic rings. The van der Waals surface area contributed by atoms with Crippen LogP contribution in [0.1, 0.15) is 18.9 Å². The zero-order chi connectivity index (χ0) is 17.1. The normalized spacial score (nSPS) is 20.8. The molecule has 5 nitrogen and oxygen atoms in total. The van der Waals surface area contributed by atoms with E-state index in [9.17, 15) is 14.7 Å². The zero-order valence-electron chi connectivity index (χ0n) is 13.7. The summed E-state index contributed by atoms with van der Waals surface area (Å²) in [6.07, 6.45) is 0.627. The minimum atomic E-state index is -0.826. The van der Waals surface area contributed by atoms with Crippen LogP contribution in [0.25, 0.3) is 10.8 Å². The number of benzene rings is 2. The van der Waals surface area contributed by atoms with Crippen molar-refractivity contribution in [2.75, 3.05) is 13.1 Å². The monoisotopic (exact) mass is 326 g/mol. The van der Waals surface area contributed by atoms with Crippen molar-refractivity contribution in [1.82, 2.24) is 10.2 Å². The molecule has 2 amide bonds. The van der Waals surface area contributed by atoms with Crippen LogP contribution in [0.5, 0.6) is 0 Å². The molecule has 0 aromatic heterocycles. The number of nitrogens with zero attached hydrogens (tertiary/aromatic N) is 1. The van der Waals surface area contributed by atoms with E-state index in [1.807, 2.05) is 49.4 Å². The molecule has 0 saturated carbocycles. The SMILES string of the molecule is CC1CC(C(=O)O)CN(C(=O)NCc2cccc3ccccc23)C1. The lowest BCUT2D eigenvalue weighted by molar-refractivity contribution is -0.143. The largest absolute Gasteiger partial charge is 0.481 e. The van der Waals surface area contributed by atoms with Crippen molar-refractivity contribution in [3.63, 3.8) is 0 Å². The van der Waals surface area contributed by atoms with E-state index in [1.165, 1.54) is 0 Å². The first-order valence-electron chi connectivity index (χ1n) is 8.27. The van der Waals surface area contributed by atoms with E-state index in [-0.39, 0.29) is 18.5 Å². The summed E-state index contributed by atoms with van der Waals surface area (Å²) in [5, 5.41) is 14.4. The summed E-state index contributed by atoms with van der Waals surface area (Å²) < 4.78 is 0. The van der Waals surface area contributed by atoms with Gasteiger partial charge in [-0.15, -0.1) is 0 Å². The van der Waals surface area contributed by atoms with E-state index < -0.39 is 11.9 Å². The van der Waals surface area contributed by atoms with Gasteiger partial charge in [0.05, 0.1) is 5.92 Å². The molecule has 1 fully saturated rings. The predicted octanol–water partition coefficient (Wildman–Crippen LogP) is 3.09. The highest BCUT2D eigenvalue weighted by atomic mass is 16.4. The molecule has 2 aromatic carbocycles. The first kappa shape index (κ1) is 16.3. The zero-order valence-corrected chi connectivity index (χ0v) is 13.7. The van der Waals surface area contributed by atoms with Gasteiger partial charge in [0.1, 0.15) is 0 Å². The van der Waals surface area contributed by atoms with Gasteiger partial charge in [0.25, 0.3) is 0 Å². The van der Waals surface area contributed by atoms with E-state index in [4.69, 9.17) is 0 Å². The van der Waals surface area contributed by atoms with Crippen LogP contribution in [0.4, 0.5) is 4.79 Å². The van der Waals surface area contributed by atoms with Gasteiger partial charge < -0.3 is 15.3 Å². The molecule has 2 N–H and O–H groups in total. The quantitative estimate of drug-likeness (QED) is 0.910. The van der Waals surface area contributed by atoms with E-state index >= 15 is 0 Å². The van der Waals surface area contributed by atoms with Crippen LogP contribution in [-0.2, 0) is 11.3 Å². The molecule has 0 aliphatic carbocycles. The van der Waals surface area contributed by atoms with Gasteiger partial charge in [-0.3, -0.25) is 4.79 Å². The van der Waals surface area contributed by atoms with E-state index in [0.29, 0.717) is 19.5 Å². The smallest absolute Gasteiger partial charge is 0.317 e. The van der Waals surface area contributed by atoms with Crippen LogP contribution in [0.2, 0.25) is 0 Å². The number of carboxylic acid groups (broad SMARTS) is 1. The Labute approximate surface area is 141 Å². The van der Waals surface area contributed by atoms with E-state index in [2.05, 4.69) is 5.32 Å². The number of likely N-dealkylation sites (tertiary alicyclic amines) is 1. The molecule has 0 spiro atoms. The number of carboxylic acids is 1. The van der Waals surface area contributed by atoms with Crippen molar-refractivity contribution >= 4 is 22.8 Å². The fraction of sp³-hybridized carbons (Fsp3) is 0.368. The van der Waals surface area contributed by atoms with Crippen LogP contribution in [0, 0.1) is 11.8 Å². The average molecular weight is 326 g/mol. The van der Waals surface area contributed by atoms with Gasteiger partial charge in [0.2, 0.25) is 0 Å². The maximum atomic E-state index is 12.4. The summed E-state index contributed by atoms with van der Waals surface area (Å²) in [5.74, 6) is -1.10. The van der Waals surface area contributed by atoms with Gasteiger partial charge >= 0.3 is 12.0 Å². The van der Waals surface area contributed by atoms with Crippen molar-refractivity contribution in [3.05, 3.63) is 48.0 Å². The van der Waals surface area contributed by atoms with Crippen LogP contribution in [0.3, 0.4) is 0 Å². The standard InChI is InChI=1S/C19H22N2O3/c1-13-9-16(18(22)23)12-21(11-13)19(24)20-10-15-7-4-6-14-5-2-3-8-17(14)15/h2-8,13,16H,9-12H2,1H3,(H,20,24)(H,22,23). The van der Waals surface area contributed by atoms with Gasteiger partial charge in [0.15, 0.2) is 0 Å². The van der Waals surface area contributed by atoms with Gasteiger partial charge in [0, 0.05) is 19.6 Å². The Morgan fingerprint density at radius 1 is 1.17 bits per heavy atom. The number of rotatable bonds is 3. The second-order valence-electron chi connectivity index (χ2n) is 6.58. The predicted molar refractivity (Wildman–Crippen MR) is 92.7 cm³/mol. The van der Waals surface area contributed by atoms with Gasteiger partial charge in [-0.2, -0.15) is 0 Å². The third-order valence-corrected chi connectivity index (χ3v) is 4.61. The summed E-state index contributed by atoms with van der Waals surface area (Å²) in [7, 11) is 0. The molecule has 2 atom stereocenters. The highest BCUT2D eigenvalue weighted by molar-refractivity contribution is 5.86. The molecule has 0 radical (unpaired) electrons. The van der Waals surface area contributed by atoms with E-state index in [0.717, 1.165) is 16.3 Å². The van der Waals surface area contributed by atoms with Crippen molar-refractivity contribution in [3.8, 4) is 0 Å². The number of nitrogens with one attached hydrogen (secondary N) is 1. The molecule has 24 heavy (non-hydrogen) atoms. The molecule has 5 heteroatoms. The number of piperidine rings is 1. The Bertz CT molecular complexity index is 754. The summed E-state index contributed by atoms with van der Waals surface area (Å²) in [5.41, 5.74) is 1.06. The van der Waals surface area contributed by atoms with Crippen molar-refractivity contribution in [2.24, 2.45) is 11.8 Å². The summed E-state index contributed by atoms with van der Waals surface area (Å²) in [4.78, 5) is 25.3. The fourth-order valence-electron chi connectivity index (χ4n) is 3.43. The molecule has 0 bridgehead atoms. The van der Waals surface area contributed by atoms with E-state index in [1.54, 1.807) is 4.90 Å². The number of carbonyl (C=O) groups is 2. The molecule has 1 saturated heterocycles. The number of hydrogen-bond donors (Lipinski definition) is 2. The lowest BCUT2D eigenvalue weighted by atomic mass is 9.91. The Hall–Kier alpha value is -2.56. The summed E-state index contributed by atoms with van der Waals surface area (Å²) in [6.45, 7) is 3.30. The maximum absolute atomic E-state index is 12.4. The number of amides is 2. The Balaban J connectivity index is 1.67. The average Bonchev–Trinajstić information content (AvgIpc) is 2.59. The van der Waals surface area contributed by atoms with Crippen molar-refractivity contribution < 1.29 is 14.7 Å². The highest BCUT2D eigenvalue weighted by Gasteiger charge is 2.31. The van der Waals surface area contributed by atoms with Crippen LogP contribution >= 0.6 is 0 Å². The topological polar surface area (TPSA) is 69.6 Å². The molecular formula is C19H22N2O3. The number of urea groups is 1. The summed E-state index contributed by atoms with van der Waals surface area (Å²) in [6, 6.07) is 13.9. The molecule has 126 valence electrons. The molecule has 1 aliphatic heterocycles. The minimum Gasteiger partial charge on any atom is -0.481 e. The third-order valence-electron chi connectivity index (χ3n) is 4.61. The van der Waals surface area contributed by atoms with Crippen LogP contribution in [-0.4, -0.2) is 35.1 Å². The minimum absolute atomic E-state index is 0.194. The molecule has 3 rings (SSSR count).